The maximum absolute atomic E-state index is 12.7. The average Bonchev–Trinajstić information content (AvgIpc) is 2.56. The monoisotopic (exact) mass is 354 g/mol. The number of ether oxygens (including phenoxy) is 1. The van der Waals surface area contributed by atoms with Crippen LogP contribution in [0.15, 0.2) is 17.0 Å². The van der Waals surface area contributed by atoms with E-state index in [4.69, 9.17) is 4.74 Å². The molecule has 1 aromatic carbocycles. The van der Waals surface area contributed by atoms with Crippen molar-refractivity contribution in [2.24, 2.45) is 0 Å². The normalized spacial score (nSPS) is 16.8. The number of methoxy groups -OCH3 is 1. The summed E-state index contributed by atoms with van der Waals surface area (Å²) in [6, 6.07) is 2.47. The Bertz CT molecular complexity index is 710. The van der Waals surface area contributed by atoms with Crippen molar-refractivity contribution in [2.75, 3.05) is 20.2 Å². The lowest BCUT2D eigenvalue weighted by molar-refractivity contribution is -0.133. The highest BCUT2D eigenvalue weighted by Gasteiger charge is 2.28. The number of hydrogen-bond acceptors (Lipinski definition) is 4. The summed E-state index contributed by atoms with van der Waals surface area (Å²) in [4.78, 5) is 14.2. The third-order valence-electron chi connectivity index (χ3n) is 4.44. The number of sulfonamides is 1. The minimum Gasteiger partial charge on any atom is -0.495 e. The lowest BCUT2D eigenvalue weighted by Crippen LogP contribution is -2.48. The molecule has 1 N–H and O–H groups in total. The van der Waals surface area contributed by atoms with E-state index in [0.717, 1.165) is 30.4 Å². The van der Waals surface area contributed by atoms with Crippen LogP contribution < -0.4 is 9.46 Å². The molecule has 1 aromatic rings. The second kappa shape index (κ2) is 7.53. The van der Waals surface area contributed by atoms with Crippen molar-refractivity contribution in [2.45, 2.75) is 51.0 Å². The first-order valence-electron chi connectivity index (χ1n) is 8.22. The molecule has 1 aliphatic heterocycles. The number of rotatable bonds is 5. The fraction of sp³-hybridized carbons (Fsp3) is 0.588. The van der Waals surface area contributed by atoms with Gasteiger partial charge in [0.2, 0.25) is 15.9 Å². The van der Waals surface area contributed by atoms with Gasteiger partial charge in [0, 0.05) is 13.1 Å². The molecule has 0 unspecified atom stereocenters. The smallest absolute Gasteiger partial charge is 0.244 e. The predicted molar refractivity (Wildman–Crippen MR) is 92.7 cm³/mol. The highest BCUT2D eigenvalue weighted by molar-refractivity contribution is 7.89. The van der Waals surface area contributed by atoms with Crippen molar-refractivity contribution in [3.05, 3.63) is 23.3 Å². The van der Waals surface area contributed by atoms with E-state index in [0.29, 0.717) is 13.1 Å². The molecule has 1 aliphatic rings. The highest BCUT2D eigenvalue weighted by Crippen LogP contribution is 2.27. The second-order valence-electron chi connectivity index (χ2n) is 6.32. The molecule has 0 aliphatic carbocycles. The van der Waals surface area contributed by atoms with E-state index in [1.807, 2.05) is 13.8 Å². The number of piperidine rings is 1. The first-order valence-corrected chi connectivity index (χ1v) is 9.71. The predicted octanol–water partition coefficient (Wildman–Crippen LogP) is 1.99. The number of nitrogens with one attached hydrogen (secondary N) is 1. The molecule has 134 valence electrons. The summed E-state index contributed by atoms with van der Waals surface area (Å²) >= 11 is 0. The van der Waals surface area contributed by atoms with Crippen LogP contribution in [-0.2, 0) is 14.8 Å². The number of hydrogen-bond donors (Lipinski definition) is 1. The van der Waals surface area contributed by atoms with Crippen molar-refractivity contribution >= 4 is 15.9 Å². The fourth-order valence-electron chi connectivity index (χ4n) is 2.87. The fourth-order valence-corrected chi connectivity index (χ4v) is 4.30. The zero-order valence-electron chi connectivity index (χ0n) is 14.8. The zero-order chi connectivity index (χ0) is 17.9. The molecule has 0 aromatic heterocycles. The Hall–Kier alpha value is -1.60. The molecule has 0 bridgehead atoms. The second-order valence-corrected chi connectivity index (χ2v) is 8.00. The molecule has 7 heteroatoms. The van der Waals surface area contributed by atoms with E-state index >= 15 is 0 Å². The van der Waals surface area contributed by atoms with Crippen molar-refractivity contribution in [3.8, 4) is 5.75 Å². The Morgan fingerprint density at radius 3 is 2.33 bits per heavy atom. The van der Waals surface area contributed by atoms with Crippen LogP contribution in [0, 0.1) is 13.8 Å². The van der Waals surface area contributed by atoms with E-state index in [1.54, 1.807) is 24.0 Å². The highest BCUT2D eigenvalue weighted by atomic mass is 32.2. The van der Waals surface area contributed by atoms with E-state index < -0.39 is 16.1 Å². The van der Waals surface area contributed by atoms with Gasteiger partial charge in [-0.25, -0.2) is 8.42 Å². The standard InChI is InChI=1S/C17H26N2O4S/c1-12-10-15(23-4)16(11-13(12)2)24(21,22)18-14(3)17(20)19-8-6-5-7-9-19/h10-11,14,18H,5-9H2,1-4H3/t14-/m0/s1. The van der Waals surface area contributed by atoms with E-state index in [-0.39, 0.29) is 16.6 Å². The number of benzene rings is 1. The molecule has 1 saturated heterocycles. The Labute approximate surface area is 144 Å². The molecule has 1 atom stereocenters. The van der Waals surface area contributed by atoms with E-state index in [2.05, 4.69) is 4.72 Å². The third kappa shape index (κ3) is 4.08. The average molecular weight is 354 g/mol. The topological polar surface area (TPSA) is 75.7 Å². The van der Waals surface area contributed by atoms with Gasteiger partial charge in [-0.05, 0) is 63.3 Å². The Balaban J connectivity index is 2.21. The Morgan fingerprint density at radius 1 is 1.17 bits per heavy atom. The van der Waals surface area contributed by atoms with Crippen LogP contribution >= 0.6 is 0 Å². The maximum Gasteiger partial charge on any atom is 0.244 e. The Morgan fingerprint density at radius 2 is 1.75 bits per heavy atom. The molecular formula is C17H26N2O4S. The summed E-state index contributed by atoms with van der Waals surface area (Å²) in [7, 11) is -2.41. The molecule has 1 heterocycles. The maximum atomic E-state index is 12.7. The largest absolute Gasteiger partial charge is 0.495 e. The molecule has 0 saturated carbocycles. The molecule has 24 heavy (non-hydrogen) atoms. The number of likely N-dealkylation sites (tertiary alicyclic amines) is 1. The minimum atomic E-state index is -3.85. The van der Waals surface area contributed by atoms with Gasteiger partial charge in [0.1, 0.15) is 10.6 Å². The van der Waals surface area contributed by atoms with Crippen LogP contribution in [0.4, 0.5) is 0 Å². The van der Waals surface area contributed by atoms with Crippen LogP contribution in [0.25, 0.3) is 0 Å². The summed E-state index contributed by atoms with van der Waals surface area (Å²) in [6.45, 7) is 6.71. The molecule has 0 spiro atoms. The summed E-state index contributed by atoms with van der Waals surface area (Å²) in [5.74, 6) is 0.101. The first kappa shape index (κ1) is 18.7. The molecule has 1 fully saturated rings. The van der Waals surface area contributed by atoms with Gasteiger partial charge in [0.15, 0.2) is 0 Å². The summed E-state index contributed by atoms with van der Waals surface area (Å²) in [5, 5.41) is 0. The van der Waals surface area contributed by atoms with Crippen molar-refractivity contribution < 1.29 is 17.9 Å². The van der Waals surface area contributed by atoms with Gasteiger partial charge in [-0.15, -0.1) is 0 Å². The zero-order valence-corrected chi connectivity index (χ0v) is 15.6. The van der Waals surface area contributed by atoms with Crippen LogP contribution in [0.3, 0.4) is 0 Å². The number of amides is 1. The summed E-state index contributed by atoms with van der Waals surface area (Å²) < 4.78 is 33.1. The minimum absolute atomic E-state index is 0.0615. The lowest BCUT2D eigenvalue weighted by atomic mass is 10.1. The van der Waals surface area contributed by atoms with Crippen molar-refractivity contribution in [3.63, 3.8) is 0 Å². The van der Waals surface area contributed by atoms with Gasteiger partial charge in [0.25, 0.3) is 0 Å². The SMILES string of the molecule is COc1cc(C)c(C)cc1S(=O)(=O)N[C@@H](C)C(=O)N1CCCCC1. The van der Waals surface area contributed by atoms with E-state index in [9.17, 15) is 13.2 Å². The van der Waals surface area contributed by atoms with Gasteiger partial charge in [-0.1, -0.05) is 0 Å². The molecule has 2 rings (SSSR count). The van der Waals surface area contributed by atoms with E-state index in [1.165, 1.54) is 7.11 Å². The van der Waals surface area contributed by atoms with Gasteiger partial charge in [-0.3, -0.25) is 4.79 Å². The quantitative estimate of drug-likeness (QED) is 0.877. The molecule has 0 radical (unpaired) electrons. The van der Waals surface area contributed by atoms with Gasteiger partial charge in [0.05, 0.1) is 13.2 Å². The lowest BCUT2D eigenvalue weighted by Gasteiger charge is -2.29. The number of carbonyl (C=O) groups excluding carboxylic acids is 1. The van der Waals surface area contributed by atoms with Gasteiger partial charge in [-0.2, -0.15) is 4.72 Å². The number of carbonyl (C=O) groups is 1. The molecule has 6 nitrogen and oxygen atoms in total. The first-order chi connectivity index (χ1) is 11.3. The van der Waals surface area contributed by atoms with Gasteiger partial charge >= 0.3 is 0 Å². The third-order valence-corrected chi connectivity index (χ3v) is 6.00. The van der Waals surface area contributed by atoms with Crippen LogP contribution in [0.5, 0.6) is 5.75 Å². The van der Waals surface area contributed by atoms with Gasteiger partial charge < -0.3 is 9.64 Å². The summed E-state index contributed by atoms with van der Waals surface area (Å²) in [6.07, 6.45) is 3.05. The summed E-state index contributed by atoms with van der Waals surface area (Å²) in [5.41, 5.74) is 1.80. The van der Waals surface area contributed by atoms with Crippen LogP contribution in [-0.4, -0.2) is 45.5 Å². The molecule has 1 amide bonds. The number of aryl methyl sites for hydroxylation is 2. The van der Waals surface area contributed by atoms with Crippen molar-refractivity contribution in [1.82, 2.24) is 9.62 Å². The number of nitrogens with zero attached hydrogens (tertiary/aromatic N) is 1. The van der Waals surface area contributed by atoms with Crippen molar-refractivity contribution in [1.29, 1.82) is 0 Å². The molecular weight excluding hydrogens is 328 g/mol. The Kier molecular flexibility index (Phi) is 5.87. The van der Waals surface area contributed by atoms with Crippen LogP contribution in [0.1, 0.15) is 37.3 Å². The van der Waals surface area contributed by atoms with Crippen LogP contribution in [0.2, 0.25) is 0 Å².